The molecule has 6 atom stereocenters. The topological polar surface area (TPSA) is 18.5 Å². The van der Waals surface area contributed by atoms with Crippen LogP contribution in [0.3, 0.4) is 0 Å². The zero-order valence-corrected chi connectivity index (χ0v) is 11.4. The van der Waals surface area contributed by atoms with Crippen molar-refractivity contribution < 1.29 is 9.47 Å². The van der Waals surface area contributed by atoms with Gasteiger partial charge in [0.15, 0.2) is 0 Å². The van der Waals surface area contributed by atoms with Crippen LogP contribution in [0.15, 0.2) is 0 Å². The highest BCUT2D eigenvalue weighted by Gasteiger charge is 2.58. The molecule has 98 valence electrons. The molecule has 1 spiro atoms. The Balaban J connectivity index is 1.78. The third-order valence-electron chi connectivity index (χ3n) is 5.39. The Morgan fingerprint density at radius 3 is 2.76 bits per heavy atom. The minimum Gasteiger partial charge on any atom is -0.372 e. The van der Waals surface area contributed by atoms with Crippen LogP contribution in [0.5, 0.6) is 0 Å². The predicted molar refractivity (Wildman–Crippen MR) is 68.0 cm³/mol. The van der Waals surface area contributed by atoms with E-state index in [1.165, 1.54) is 32.1 Å². The first-order valence-corrected chi connectivity index (χ1v) is 7.48. The monoisotopic (exact) mass is 238 g/mol. The summed E-state index contributed by atoms with van der Waals surface area (Å²) < 4.78 is 12.8. The van der Waals surface area contributed by atoms with Crippen molar-refractivity contribution in [3.8, 4) is 0 Å². The van der Waals surface area contributed by atoms with Crippen LogP contribution in [-0.2, 0) is 9.47 Å². The van der Waals surface area contributed by atoms with Gasteiger partial charge in [0.1, 0.15) is 0 Å². The van der Waals surface area contributed by atoms with Gasteiger partial charge >= 0.3 is 0 Å². The highest BCUT2D eigenvalue weighted by molar-refractivity contribution is 5.07. The first-order chi connectivity index (χ1) is 8.14. The molecule has 1 unspecified atom stereocenters. The molecule has 1 saturated carbocycles. The fourth-order valence-corrected chi connectivity index (χ4v) is 4.23. The number of hydrogen-bond donors (Lipinski definition) is 0. The van der Waals surface area contributed by atoms with Crippen LogP contribution in [0.4, 0.5) is 0 Å². The summed E-state index contributed by atoms with van der Waals surface area (Å²) in [7, 11) is 0. The van der Waals surface area contributed by atoms with E-state index in [0.717, 1.165) is 12.3 Å². The van der Waals surface area contributed by atoms with Crippen LogP contribution >= 0.6 is 0 Å². The van der Waals surface area contributed by atoms with Gasteiger partial charge < -0.3 is 9.47 Å². The SMILES string of the molecule is CCC[C@H]1CC[C@@H]2O[C@@H]3C[C@]2(C[C@@H](C)C3C)O1. The fraction of sp³-hybridized carbons (Fsp3) is 1.00. The molecule has 1 aliphatic carbocycles. The predicted octanol–water partition coefficient (Wildman–Crippen LogP) is 3.54. The molecule has 3 fully saturated rings. The average Bonchev–Trinajstić information content (AvgIpc) is 2.61. The molecule has 17 heavy (non-hydrogen) atoms. The molecule has 0 amide bonds. The van der Waals surface area contributed by atoms with Crippen molar-refractivity contribution in [3.05, 3.63) is 0 Å². The van der Waals surface area contributed by atoms with Crippen LogP contribution in [0.25, 0.3) is 0 Å². The number of hydrogen-bond acceptors (Lipinski definition) is 2. The molecule has 2 heteroatoms. The second-order valence-electron chi connectivity index (χ2n) is 6.58. The Hall–Kier alpha value is -0.0800. The highest BCUT2D eigenvalue weighted by Crippen LogP contribution is 2.52. The average molecular weight is 238 g/mol. The highest BCUT2D eigenvalue weighted by atomic mass is 16.6. The lowest BCUT2D eigenvalue weighted by Gasteiger charge is -2.45. The molecule has 0 aromatic heterocycles. The molecule has 2 saturated heterocycles. The standard InChI is InChI=1S/C15H26O2/c1-4-5-12-6-7-14-15(17-12)8-10(2)11(3)13(9-15)16-14/h10-14H,4-9H2,1-3H3/t10-,11?,12+,13-,14+,15+/m1/s1. The van der Waals surface area contributed by atoms with E-state index in [-0.39, 0.29) is 5.60 Å². The van der Waals surface area contributed by atoms with Crippen LogP contribution < -0.4 is 0 Å². The van der Waals surface area contributed by atoms with E-state index < -0.39 is 0 Å². The fourth-order valence-electron chi connectivity index (χ4n) is 4.23. The summed E-state index contributed by atoms with van der Waals surface area (Å²) in [5.74, 6) is 1.46. The summed E-state index contributed by atoms with van der Waals surface area (Å²) in [4.78, 5) is 0. The van der Waals surface area contributed by atoms with Gasteiger partial charge in [-0.2, -0.15) is 0 Å². The Labute approximate surface area is 105 Å². The zero-order chi connectivity index (χ0) is 12.0. The molecule has 2 heterocycles. The summed E-state index contributed by atoms with van der Waals surface area (Å²) in [6.07, 6.45) is 8.62. The van der Waals surface area contributed by atoms with Gasteiger partial charge in [-0.25, -0.2) is 0 Å². The molecule has 3 aliphatic rings. The quantitative estimate of drug-likeness (QED) is 0.732. The normalized spacial score (nSPS) is 53.5. The van der Waals surface area contributed by atoms with Crippen LogP contribution in [0, 0.1) is 11.8 Å². The third-order valence-corrected chi connectivity index (χ3v) is 5.39. The molecule has 2 aliphatic heterocycles. The van der Waals surface area contributed by atoms with Gasteiger partial charge in [0.2, 0.25) is 0 Å². The molecular formula is C15H26O2. The van der Waals surface area contributed by atoms with Gasteiger partial charge in [-0.1, -0.05) is 27.2 Å². The first kappa shape index (κ1) is 12.0. The molecular weight excluding hydrogens is 212 g/mol. The van der Waals surface area contributed by atoms with Crippen LogP contribution in [-0.4, -0.2) is 23.9 Å². The molecule has 0 N–H and O–H groups in total. The van der Waals surface area contributed by atoms with Crippen molar-refractivity contribution in [2.75, 3.05) is 0 Å². The number of ether oxygens (including phenoxy) is 2. The Kier molecular flexibility index (Phi) is 2.99. The number of rotatable bonds is 2. The zero-order valence-electron chi connectivity index (χ0n) is 11.4. The van der Waals surface area contributed by atoms with Gasteiger partial charge in [0.05, 0.1) is 23.9 Å². The summed E-state index contributed by atoms with van der Waals surface area (Å²) in [5, 5.41) is 0. The van der Waals surface area contributed by atoms with Gasteiger partial charge in [-0.15, -0.1) is 0 Å². The van der Waals surface area contributed by atoms with Gasteiger partial charge in [-0.05, 0) is 37.5 Å². The first-order valence-electron chi connectivity index (χ1n) is 7.48. The lowest BCUT2D eigenvalue weighted by molar-refractivity contribution is -0.170. The van der Waals surface area contributed by atoms with E-state index in [4.69, 9.17) is 9.47 Å². The van der Waals surface area contributed by atoms with E-state index in [1.807, 2.05) is 0 Å². The maximum atomic E-state index is 6.50. The molecule has 3 rings (SSSR count). The van der Waals surface area contributed by atoms with Crippen LogP contribution in [0.1, 0.15) is 59.3 Å². The second-order valence-corrected chi connectivity index (χ2v) is 6.58. The van der Waals surface area contributed by atoms with Crippen molar-refractivity contribution in [1.82, 2.24) is 0 Å². The lowest BCUT2D eigenvalue weighted by Crippen LogP contribution is -2.51. The summed E-state index contributed by atoms with van der Waals surface area (Å²) in [5.41, 5.74) is 0.0919. The largest absolute Gasteiger partial charge is 0.372 e. The van der Waals surface area contributed by atoms with Gasteiger partial charge in [-0.3, -0.25) is 0 Å². The Morgan fingerprint density at radius 1 is 1.18 bits per heavy atom. The summed E-state index contributed by atoms with van der Waals surface area (Å²) in [6, 6.07) is 0. The molecule has 0 aromatic rings. The van der Waals surface area contributed by atoms with Crippen molar-refractivity contribution in [3.63, 3.8) is 0 Å². The van der Waals surface area contributed by atoms with Crippen molar-refractivity contribution in [2.45, 2.75) is 83.2 Å². The van der Waals surface area contributed by atoms with E-state index in [1.54, 1.807) is 0 Å². The minimum atomic E-state index is 0.0919. The van der Waals surface area contributed by atoms with E-state index in [2.05, 4.69) is 20.8 Å². The molecule has 2 bridgehead atoms. The van der Waals surface area contributed by atoms with Gasteiger partial charge in [0.25, 0.3) is 0 Å². The van der Waals surface area contributed by atoms with Crippen LogP contribution in [0.2, 0.25) is 0 Å². The summed E-state index contributed by atoms with van der Waals surface area (Å²) >= 11 is 0. The Bertz CT molecular complexity index is 291. The maximum Gasteiger partial charge on any atom is 0.0974 e. The van der Waals surface area contributed by atoms with E-state index in [9.17, 15) is 0 Å². The van der Waals surface area contributed by atoms with Crippen molar-refractivity contribution in [2.24, 2.45) is 11.8 Å². The maximum absolute atomic E-state index is 6.50. The van der Waals surface area contributed by atoms with Crippen molar-refractivity contribution >= 4 is 0 Å². The molecule has 0 radical (unpaired) electrons. The minimum absolute atomic E-state index is 0.0919. The Morgan fingerprint density at radius 2 is 2.00 bits per heavy atom. The molecule has 2 nitrogen and oxygen atoms in total. The third kappa shape index (κ3) is 1.84. The van der Waals surface area contributed by atoms with Crippen molar-refractivity contribution in [1.29, 1.82) is 0 Å². The van der Waals surface area contributed by atoms with E-state index >= 15 is 0 Å². The molecule has 0 aromatic carbocycles. The summed E-state index contributed by atoms with van der Waals surface area (Å²) in [6.45, 7) is 6.98. The second kappa shape index (κ2) is 4.24. The number of fused-ring (bicyclic) bond motifs is 1. The smallest absolute Gasteiger partial charge is 0.0974 e. The van der Waals surface area contributed by atoms with Gasteiger partial charge in [0, 0.05) is 6.42 Å². The lowest BCUT2D eigenvalue weighted by atomic mass is 9.70. The van der Waals surface area contributed by atoms with E-state index in [0.29, 0.717) is 24.2 Å².